The highest BCUT2D eigenvalue weighted by atomic mass is 32.1. The van der Waals surface area contributed by atoms with Gasteiger partial charge in [0.2, 0.25) is 0 Å². The number of aliphatic hydroxyl groups is 5. The molecule has 0 bridgehead atoms. The minimum atomic E-state index is -1.63. The summed E-state index contributed by atoms with van der Waals surface area (Å²) in [5, 5.41) is 45.9. The van der Waals surface area contributed by atoms with E-state index in [1.807, 2.05) is 0 Å². The number of aliphatic hydroxyl groups excluding tert-OH is 5. The van der Waals surface area contributed by atoms with Gasteiger partial charge in [-0.3, -0.25) is 0 Å². The maximum Gasteiger partial charge on any atom is 0.111 e. The maximum absolute atomic E-state index is 9.50. The molecule has 0 aliphatic heterocycles. The summed E-state index contributed by atoms with van der Waals surface area (Å²) in [5.41, 5.74) is 0. The number of thiocarbonyl (C=S) groups is 1. The number of nitrogens with zero attached hydrogens (tertiary/aromatic N) is 1. The predicted molar refractivity (Wildman–Crippen MR) is 63.7 cm³/mol. The molecule has 5 N–H and O–H groups in total. The van der Waals surface area contributed by atoms with Crippen molar-refractivity contribution in [3.63, 3.8) is 0 Å². The smallest absolute Gasteiger partial charge is 0.111 e. The fourth-order valence-corrected chi connectivity index (χ4v) is 1.18. The van der Waals surface area contributed by atoms with E-state index in [2.05, 4.69) is 24.8 Å². The van der Waals surface area contributed by atoms with Crippen molar-refractivity contribution in [1.29, 1.82) is 0 Å². The third kappa shape index (κ3) is 4.83. The van der Waals surface area contributed by atoms with Crippen LogP contribution in [-0.2, 0) is 12.6 Å². The molecule has 0 aromatic carbocycles. The Hall–Kier alpha value is -0.0900. The Morgan fingerprint density at radius 1 is 1.19 bits per heavy atom. The highest BCUT2D eigenvalue weighted by Gasteiger charge is 2.30. The van der Waals surface area contributed by atoms with Gasteiger partial charge in [-0.2, -0.15) is 0 Å². The first-order valence-electron chi connectivity index (χ1n) is 4.56. The van der Waals surface area contributed by atoms with Gasteiger partial charge in [0.25, 0.3) is 0 Å². The van der Waals surface area contributed by atoms with Crippen molar-refractivity contribution in [2.45, 2.75) is 24.4 Å². The lowest BCUT2D eigenvalue weighted by Crippen LogP contribution is -2.49. The van der Waals surface area contributed by atoms with Crippen LogP contribution < -0.4 is 0 Å². The van der Waals surface area contributed by atoms with Crippen LogP contribution in [0.15, 0.2) is 0 Å². The van der Waals surface area contributed by atoms with Crippen molar-refractivity contribution in [2.24, 2.45) is 0 Å². The topological polar surface area (TPSA) is 104 Å². The summed E-state index contributed by atoms with van der Waals surface area (Å²) in [4.78, 5) is 1.34. The Balaban J connectivity index is 4.27. The minimum Gasteiger partial charge on any atom is -0.411 e. The van der Waals surface area contributed by atoms with E-state index in [9.17, 15) is 15.3 Å². The van der Waals surface area contributed by atoms with Gasteiger partial charge in [-0.25, -0.2) is 0 Å². The fourth-order valence-electron chi connectivity index (χ4n) is 1.03. The standard InChI is InChI=1S/C8H17NO5S2/c1-9(8(15)16)2-4(11)6(13)7(14)5(12)3-10/h4-7,10-14H,2-3H2,1H3,(H,15,16)/p-1/t4-,5+,6-,7+/m0/s1. The third-order valence-corrected chi connectivity index (χ3v) is 2.72. The lowest BCUT2D eigenvalue weighted by Gasteiger charge is -2.31. The van der Waals surface area contributed by atoms with Crippen LogP contribution in [0.3, 0.4) is 0 Å². The van der Waals surface area contributed by atoms with Crippen molar-refractivity contribution >= 4 is 29.2 Å². The van der Waals surface area contributed by atoms with Crippen LogP contribution in [0.4, 0.5) is 0 Å². The average molecular weight is 270 g/mol. The summed E-state index contributed by atoms with van der Waals surface area (Å²) in [7, 11) is 1.53. The molecule has 0 spiro atoms. The normalized spacial score (nSPS) is 18.6. The van der Waals surface area contributed by atoms with Gasteiger partial charge in [0, 0.05) is 13.6 Å². The Morgan fingerprint density at radius 3 is 2.00 bits per heavy atom. The third-order valence-electron chi connectivity index (χ3n) is 2.10. The molecule has 0 rings (SSSR count). The Labute approximate surface area is 105 Å². The van der Waals surface area contributed by atoms with E-state index in [-0.39, 0.29) is 10.9 Å². The summed E-state index contributed by atoms with van der Waals surface area (Å²) in [6.07, 6.45) is -6.06. The molecule has 0 amide bonds. The van der Waals surface area contributed by atoms with Crippen LogP contribution in [-0.4, -0.2) is 79.4 Å². The molecule has 0 saturated carbocycles. The van der Waals surface area contributed by atoms with E-state index in [1.165, 1.54) is 11.9 Å². The largest absolute Gasteiger partial charge is 0.411 e. The quantitative estimate of drug-likeness (QED) is 0.260. The van der Waals surface area contributed by atoms with Crippen LogP contribution in [0, 0.1) is 0 Å². The fraction of sp³-hybridized carbons (Fsp3) is 0.875. The van der Waals surface area contributed by atoms with E-state index in [0.717, 1.165) is 0 Å². The Bertz CT molecular complexity index is 230. The van der Waals surface area contributed by atoms with Crippen LogP contribution in [0.5, 0.6) is 0 Å². The summed E-state index contributed by atoms with van der Waals surface area (Å²) < 4.78 is 0.114. The molecular formula is C8H16NO5S2-. The summed E-state index contributed by atoms with van der Waals surface area (Å²) in [6.45, 7) is -0.779. The molecule has 0 unspecified atom stereocenters. The lowest BCUT2D eigenvalue weighted by atomic mass is 10.0. The monoisotopic (exact) mass is 270 g/mol. The molecule has 4 atom stereocenters. The first-order valence-corrected chi connectivity index (χ1v) is 5.38. The van der Waals surface area contributed by atoms with E-state index in [0.29, 0.717) is 0 Å². The van der Waals surface area contributed by atoms with Gasteiger partial charge in [-0.1, -0.05) is 4.32 Å². The average Bonchev–Trinajstić information content (AvgIpc) is 2.25. The second kappa shape index (κ2) is 7.28. The van der Waals surface area contributed by atoms with E-state index in [1.54, 1.807) is 0 Å². The Morgan fingerprint density at radius 2 is 1.62 bits per heavy atom. The van der Waals surface area contributed by atoms with Crippen molar-refractivity contribution in [3.05, 3.63) is 0 Å². The molecule has 0 aliphatic carbocycles. The molecule has 6 nitrogen and oxygen atoms in total. The van der Waals surface area contributed by atoms with Gasteiger partial charge in [0.15, 0.2) is 0 Å². The SMILES string of the molecule is CN(C[C@H](O)[C@H](O)[C@H](O)[C@H](O)CO)C(=S)[S-]. The van der Waals surface area contributed by atoms with E-state index >= 15 is 0 Å². The maximum atomic E-state index is 9.50. The van der Waals surface area contributed by atoms with Crippen molar-refractivity contribution in [2.75, 3.05) is 20.2 Å². The van der Waals surface area contributed by atoms with Crippen LogP contribution >= 0.6 is 12.2 Å². The lowest BCUT2D eigenvalue weighted by molar-refractivity contribution is -0.116. The van der Waals surface area contributed by atoms with Crippen molar-refractivity contribution in [1.82, 2.24) is 4.90 Å². The zero-order valence-corrected chi connectivity index (χ0v) is 10.4. The van der Waals surface area contributed by atoms with Crippen LogP contribution in [0.25, 0.3) is 0 Å². The van der Waals surface area contributed by atoms with Gasteiger partial charge in [0.05, 0.1) is 12.7 Å². The predicted octanol–water partition coefficient (Wildman–Crippen LogP) is -2.81. The highest BCUT2D eigenvalue weighted by Crippen LogP contribution is 2.06. The molecule has 0 radical (unpaired) electrons. The van der Waals surface area contributed by atoms with E-state index in [4.69, 9.17) is 10.2 Å². The van der Waals surface area contributed by atoms with E-state index < -0.39 is 31.0 Å². The highest BCUT2D eigenvalue weighted by molar-refractivity contribution is 8.00. The zero-order chi connectivity index (χ0) is 12.9. The first kappa shape index (κ1) is 15.9. The first-order chi connectivity index (χ1) is 7.31. The second-order valence-electron chi connectivity index (χ2n) is 3.44. The molecule has 0 fully saturated rings. The molecule has 16 heavy (non-hydrogen) atoms. The van der Waals surface area contributed by atoms with Crippen molar-refractivity contribution < 1.29 is 25.5 Å². The molecule has 0 saturated heterocycles. The van der Waals surface area contributed by atoms with Gasteiger partial charge >= 0.3 is 0 Å². The summed E-state index contributed by atoms with van der Waals surface area (Å²) in [5.74, 6) is 0. The summed E-state index contributed by atoms with van der Waals surface area (Å²) >= 11 is 9.32. The number of hydrogen-bond acceptors (Lipinski definition) is 7. The van der Waals surface area contributed by atoms with Gasteiger partial charge in [-0.05, 0) is 0 Å². The number of likely N-dealkylation sites (N-methyl/N-ethyl adjacent to an activating group) is 1. The molecule has 0 heterocycles. The molecule has 8 heteroatoms. The second-order valence-corrected chi connectivity index (χ2v) is 4.48. The summed E-state index contributed by atoms with van der Waals surface area (Å²) in [6, 6.07) is 0. The van der Waals surface area contributed by atoms with Crippen LogP contribution in [0.1, 0.15) is 0 Å². The number of rotatable bonds is 6. The molecule has 0 aromatic rings. The minimum absolute atomic E-state index is 0.0707. The molecule has 0 aliphatic rings. The molecular weight excluding hydrogens is 254 g/mol. The van der Waals surface area contributed by atoms with Crippen LogP contribution in [0.2, 0.25) is 0 Å². The van der Waals surface area contributed by atoms with Gasteiger partial charge in [-0.15, -0.1) is 0 Å². The van der Waals surface area contributed by atoms with Crippen molar-refractivity contribution in [3.8, 4) is 0 Å². The molecule has 0 aromatic heterocycles. The zero-order valence-electron chi connectivity index (χ0n) is 8.72. The van der Waals surface area contributed by atoms with Gasteiger partial charge < -0.3 is 55.3 Å². The number of hydrogen-bond donors (Lipinski definition) is 5. The van der Waals surface area contributed by atoms with Gasteiger partial charge in [0.1, 0.15) is 18.3 Å². The Kier molecular flexibility index (Phi) is 7.24. The molecule has 96 valence electrons.